The van der Waals surface area contributed by atoms with Gasteiger partial charge in [0.1, 0.15) is 0 Å². The Morgan fingerprint density at radius 1 is 0.933 bits per heavy atom. The molecule has 0 amide bonds. The second-order valence-corrected chi connectivity index (χ2v) is 8.61. The van der Waals surface area contributed by atoms with Gasteiger partial charge in [0.25, 0.3) is 0 Å². The van der Waals surface area contributed by atoms with Crippen LogP contribution in [0.25, 0.3) is 0 Å². The SMILES string of the molecule is N.NC12CC3CC(CC(C3)C1)C2.[Cl][Pt][Cl]. The molecular weight excluding hydrogens is 414 g/mol. The van der Waals surface area contributed by atoms with Crippen molar-refractivity contribution in [3.8, 4) is 0 Å². The molecule has 4 aliphatic carbocycles. The van der Waals surface area contributed by atoms with E-state index in [1.54, 1.807) is 0 Å². The van der Waals surface area contributed by atoms with Crippen LogP contribution in [-0.4, -0.2) is 5.54 Å². The summed E-state index contributed by atoms with van der Waals surface area (Å²) in [6, 6.07) is 0. The van der Waals surface area contributed by atoms with Crippen LogP contribution in [0.2, 0.25) is 0 Å². The molecule has 0 heterocycles. The third kappa shape index (κ3) is 3.32. The van der Waals surface area contributed by atoms with Crippen LogP contribution in [0.1, 0.15) is 38.5 Å². The molecule has 5 N–H and O–H groups in total. The Morgan fingerprint density at radius 3 is 1.40 bits per heavy atom. The van der Waals surface area contributed by atoms with E-state index in [2.05, 4.69) is 0 Å². The number of hydrogen-bond acceptors (Lipinski definition) is 2. The molecule has 0 saturated heterocycles. The molecular formula is C10H20Cl2N2Pt. The molecule has 4 aliphatic rings. The summed E-state index contributed by atoms with van der Waals surface area (Å²) in [5.41, 5.74) is 6.62. The van der Waals surface area contributed by atoms with E-state index in [4.69, 9.17) is 24.6 Å². The van der Waals surface area contributed by atoms with Gasteiger partial charge in [-0.25, -0.2) is 0 Å². The first kappa shape index (κ1) is 14.3. The first-order valence-corrected chi connectivity index (χ1v) is 10.9. The van der Waals surface area contributed by atoms with Gasteiger partial charge in [0, 0.05) is 5.54 Å². The van der Waals surface area contributed by atoms with Crippen LogP contribution < -0.4 is 11.9 Å². The molecule has 0 radical (unpaired) electrons. The van der Waals surface area contributed by atoms with Crippen molar-refractivity contribution >= 4 is 18.8 Å². The average Bonchev–Trinajstić information content (AvgIpc) is 1.99. The van der Waals surface area contributed by atoms with Gasteiger partial charge in [0.15, 0.2) is 0 Å². The van der Waals surface area contributed by atoms with E-state index in [9.17, 15) is 0 Å². The molecule has 0 atom stereocenters. The summed E-state index contributed by atoms with van der Waals surface area (Å²) in [6.07, 6.45) is 8.57. The Labute approximate surface area is 109 Å². The van der Waals surface area contributed by atoms with E-state index in [-0.39, 0.29) is 6.15 Å². The Morgan fingerprint density at radius 2 is 1.20 bits per heavy atom. The normalized spacial score (nSPS) is 45.7. The molecule has 4 saturated carbocycles. The van der Waals surface area contributed by atoms with Crippen molar-refractivity contribution in [1.29, 1.82) is 0 Å². The van der Waals surface area contributed by atoms with E-state index < -0.39 is 16.5 Å². The average molecular weight is 434 g/mol. The van der Waals surface area contributed by atoms with Crippen LogP contribution in [0, 0.1) is 17.8 Å². The van der Waals surface area contributed by atoms with Gasteiger partial charge in [0.05, 0.1) is 0 Å². The van der Waals surface area contributed by atoms with Gasteiger partial charge in [0.2, 0.25) is 0 Å². The summed E-state index contributed by atoms with van der Waals surface area (Å²) in [7, 11) is 9.75. The molecule has 4 fully saturated rings. The number of halogens is 2. The second-order valence-electron chi connectivity index (χ2n) is 5.33. The first-order valence-electron chi connectivity index (χ1n) is 5.26. The maximum absolute atomic E-state index is 6.32. The molecule has 0 aliphatic heterocycles. The molecule has 0 aromatic rings. The standard InChI is InChI=1S/C10H17N.2ClH.H3N.Pt/c11-10-4-7-1-8(5-10)3-9(2-7)6-10;;;;/h7-9H,1-6,11H2;2*1H;1H3;/q;;;;+2/p-2. The van der Waals surface area contributed by atoms with Crippen molar-refractivity contribution in [2.24, 2.45) is 23.5 Å². The third-order valence-electron chi connectivity index (χ3n) is 4.09. The van der Waals surface area contributed by atoms with Crippen LogP contribution in [0.4, 0.5) is 0 Å². The van der Waals surface area contributed by atoms with Gasteiger partial charge in [-0.3, -0.25) is 0 Å². The topological polar surface area (TPSA) is 61.0 Å². The predicted octanol–water partition coefficient (Wildman–Crippen LogP) is 3.45. The summed E-state index contributed by atoms with van der Waals surface area (Å²) in [5, 5.41) is 0. The molecule has 2 nitrogen and oxygen atoms in total. The quantitative estimate of drug-likeness (QED) is 0.614. The van der Waals surface area contributed by atoms with E-state index >= 15 is 0 Å². The number of rotatable bonds is 0. The summed E-state index contributed by atoms with van der Waals surface area (Å²) in [4.78, 5) is 0. The van der Waals surface area contributed by atoms with E-state index in [0.29, 0.717) is 5.54 Å². The van der Waals surface area contributed by atoms with Crippen molar-refractivity contribution in [2.75, 3.05) is 0 Å². The van der Waals surface area contributed by atoms with Gasteiger partial charge >= 0.3 is 35.3 Å². The maximum atomic E-state index is 6.32. The molecule has 94 valence electrons. The zero-order valence-electron chi connectivity index (χ0n) is 8.83. The second kappa shape index (κ2) is 5.69. The molecule has 15 heavy (non-hydrogen) atoms. The van der Waals surface area contributed by atoms with Gasteiger partial charge in [-0.2, -0.15) is 0 Å². The summed E-state index contributed by atoms with van der Waals surface area (Å²) in [6.45, 7) is 0. The van der Waals surface area contributed by atoms with Gasteiger partial charge in [-0.1, -0.05) is 0 Å². The Balaban J connectivity index is 0.000000256. The third-order valence-corrected chi connectivity index (χ3v) is 4.09. The molecule has 4 bridgehead atoms. The Kier molecular flexibility index (Phi) is 5.40. The van der Waals surface area contributed by atoms with E-state index in [0.717, 1.165) is 17.8 Å². The minimum absolute atomic E-state index is 0. The van der Waals surface area contributed by atoms with Gasteiger partial charge in [-0.15, -0.1) is 0 Å². The van der Waals surface area contributed by atoms with Crippen molar-refractivity contribution in [1.82, 2.24) is 6.15 Å². The fourth-order valence-electron chi connectivity index (χ4n) is 4.18. The zero-order chi connectivity index (χ0) is 10.2. The summed E-state index contributed by atoms with van der Waals surface area (Å²) >= 11 is -0.472. The Bertz CT molecular complexity index is 178. The van der Waals surface area contributed by atoms with Crippen LogP contribution in [-0.2, 0) is 16.5 Å². The van der Waals surface area contributed by atoms with Crippen LogP contribution in [0.3, 0.4) is 0 Å². The summed E-state index contributed by atoms with van der Waals surface area (Å²) in [5.74, 6) is 3.06. The molecule has 0 aromatic heterocycles. The van der Waals surface area contributed by atoms with E-state index in [1.807, 2.05) is 0 Å². The van der Waals surface area contributed by atoms with E-state index in [1.165, 1.54) is 38.5 Å². The molecule has 4 rings (SSSR count). The monoisotopic (exact) mass is 433 g/mol. The minimum atomic E-state index is -0.472. The van der Waals surface area contributed by atoms with Crippen LogP contribution in [0.15, 0.2) is 0 Å². The zero-order valence-corrected chi connectivity index (χ0v) is 12.6. The number of nitrogens with two attached hydrogens (primary N) is 1. The molecule has 0 unspecified atom stereocenters. The molecule has 0 spiro atoms. The van der Waals surface area contributed by atoms with Crippen molar-refractivity contribution in [3.63, 3.8) is 0 Å². The van der Waals surface area contributed by atoms with Gasteiger partial charge in [-0.05, 0) is 56.3 Å². The van der Waals surface area contributed by atoms with Crippen LogP contribution in [0.5, 0.6) is 0 Å². The first-order chi connectivity index (χ1) is 6.65. The van der Waals surface area contributed by atoms with Crippen molar-refractivity contribution < 1.29 is 16.5 Å². The Hall–Kier alpha value is 1.19. The van der Waals surface area contributed by atoms with Crippen molar-refractivity contribution in [3.05, 3.63) is 0 Å². The summed E-state index contributed by atoms with van der Waals surface area (Å²) < 4.78 is 0. The fraction of sp³-hybridized carbons (Fsp3) is 1.00. The number of hydrogen-bond donors (Lipinski definition) is 2. The van der Waals surface area contributed by atoms with Crippen molar-refractivity contribution in [2.45, 2.75) is 44.1 Å². The molecule has 5 heteroatoms. The van der Waals surface area contributed by atoms with Gasteiger partial charge < -0.3 is 11.9 Å². The predicted molar refractivity (Wildman–Crippen MR) is 61.8 cm³/mol. The van der Waals surface area contributed by atoms with Crippen LogP contribution >= 0.6 is 18.8 Å². The fourth-order valence-corrected chi connectivity index (χ4v) is 4.18. The molecule has 0 aromatic carbocycles.